The molecule has 1 aliphatic rings. The van der Waals surface area contributed by atoms with Crippen molar-refractivity contribution in [2.75, 3.05) is 13.1 Å². The van der Waals surface area contributed by atoms with E-state index in [-0.39, 0.29) is 5.25 Å². The standard InChI is InChI=1S/C10H15N3OS/c1-8-2-7-12-10(13-8)15(14)9-3-5-11-6-4-9/h2,7,9,11H,3-6H2,1H3/t15-/m1/s1. The highest BCUT2D eigenvalue weighted by Crippen LogP contribution is 2.15. The van der Waals surface area contributed by atoms with Crippen molar-refractivity contribution in [2.45, 2.75) is 30.2 Å². The number of aryl methyl sites for hydroxylation is 1. The molecule has 0 spiro atoms. The average molecular weight is 225 g/mol. The van der Waals surface area contributed by atoms with Crippen molar-refractivity contribution in [1.29, 1.82) is 0 Å². The van der Waals surface area contributed by atoms with Crippen molar-refractivity contribution in [1.82, 2.24) is 15.3 Å². The molecule has 0 saturated carbocycles. The predicted molar refractivity (Wildman–Crippen MR) is 59.1 cm³/mol. The minimum atomic E-state index is -1.04. The summed E-state index contributed by atoms with van der Waals surface area (Å²) in [4.78, 5) is 8.30. The van der Waals surface area contributed by atoms with Crippen LogP contribution in [0.15, 0.2) is 17.4 Å². The molecule has 82 valence electrons. The van der Waals surface area contributed by atoms with Gasteiger partial charge in [-0.25, -0.2) is 9.97 Å². The van der Waals surface area contributed by atoms with Gasteiger partial charge in [-0.15, -0.1) is 0 Å². The van der Waals surface area contributed by atoms with Crippen LogP contribution in [0.25, 0.3) is 0 Å². The Hall–Kier alpha value is -0.810. The SMILES string of the molecule is Cc1ccnc([S@](=O)C2CCNCC2)n1. The van der Waals surface area contributed by atoms with E-state index in [1.165, 1.54) is 0 Å². The van der Waals surface area contributed by atoms with Gasteiger partial charge in [0.1, 0.15) is 0 Å². The molecule has 1 N–H and O–H groups in total. The lowest BCUT2D eigenvalue weighted by molar-refractivity contribution is 0.517. The average Bonchev–Trinajstić information content (AvgIpc) is 2.29. The van der Waals surface area contributed by atoms with Crippen LogP contribution in [0.1, 0.15) is 18.5 Å². The number of nitrogens with zero attached hydrogens (tertiary/aromatic N) is 2. The van der Waals surface area contributed by atoms with Crippen LogP contribution in [0.5, 0.6) is 0 Å². The molecule has 5 heteroatoms. The molecule has 0 aromatic carbocycles. The number of hydrogen-bond donors (Lipinski definition) is 1. The van der Waals surface area contributed by atoms with Gasteiger partial charge in [0.2, 0.25) is 5.16 Å². The summed E-state index contributed by atoms with van der Waals surface area (Å²) in [5.74, 6) is 0. The van der Waals surface area contributed by atoms with Crippen LogP contribution in [-0.2, 0) is 10.8 Å². The molecule has 1 aliphatic heterocycles. The summed E-state index contributed by atoms with van der Waals surface area (Å²) >= 11 is 0. The van der Waals surface area contributed by atoms with Crippen molar-refractivity contribution in [3.05, 3.63) is 18.0 Å². The quantitative estimate of drug-likeness (QED) is 0.751. The first-order chi connectivity index (χ1) is 7.27. The summed E-state index contributed by atoms with van der Waals surface area (Å²) in [5, 5.41) is 3.96. The fraction of sp³-hybridized carbons (Fsp3) is 0.600. The zero-order valence-corrected chi connectivity index (χ0v) is 9.59. The zero-order valence-electron chi connectivity index (χ0n) is 8.77. The summed E-state index contributed by atoms with van der Waals surface area (Å²) in [5.41, 5.74) is 0.877. The normalized spacial score (nSPS) is 20.1. The van der Waals surface area contributed by atoms with Gasteiger partial charge < -0.3 is 5.32 Å². The Labute approximate surface area is 92.0 Å². The van der Waals surface area contributed by atoms with Crippen LogP contribution < -0.4 is 5.32 Å². The van der Waals surface area contributed by atoms with E-state index in [0.717, 1.165) is 31.6 Å². The minimum absolute atomic E-state index is 0.216. The predicted octanol–water partition coefficient (Wildman–Crippen LogP) is 0.645. The summed E-state index contributed by atoms with van der Waals surface area (Å²) < 4.78 is 12.1. The van der Waals surface area contributed by atoms with Gasteiger partial charge in [0.25, 0.3) is 0 Å². The van der Waals surface area contributed by atoms with Gasteiger partial charge in [-0.1, -0.05) is 0 Å². The van der Waals surface area contributed by atoms with Gasteiger partial charge in [0.15, 0.2) is 0 Å². The third-order valence-electron chi connectivity index (χ3n) is 2.54. The number of piperidine rings is 1. The Morgan fingerprint density at radius 1 is 1.47 bits per heavy atom. The van der Waals surface area contributed by atoms with Gasteiger partial charge in [0.05, 0.1) is 10.8 Å². The Balaban J connectivity index is 2.12. The number of nitrogens with one attached hydrogen (secondary N) is 1. The molecule has 15 heavy (non-hydrogen) atoms. The molecule has 4 nitrogen and oxygen atoms in total. The maximum Gasteiger partial charge on any atom is 0.218 e. The van der Waals surface area contributed by atoms with Crippen LogP contribution in [0, 0.1) is 6.92 Å². The van der Waals surface area contributed by atoms with E-state index in [1.54, 1.807) is 6.20 Å². The van der Waals surface area contributed by atoms with Gasteiger partial charge in [-0.3, -0.25) is 4.21 Å². The first-order valence-electron chi connectivity index (χ1n) is 5.18. The Bertz CT molecular complexity index is 363. The molecule has 0 amide bonds. The van der Waals surface area contributed by atoms with Crippen LogP contribution in [0.4, 0.5) is 0 Å². The lowest BCUT2D eigenvalue weighted by atomic mass is 10.2. The molecule has 1 aromatic heterocycles. The summed E-state index contributed by atoms with van der Waals surface area (Å²) in [7, 11) is -1.04. The van der Waals surface area contributed by atoms with E-state index in [0.29, 0.717) is 5.16 Å². The maximum absolute atomic E-state index is 12.1. The summed E-state index contributed by atoms with van der Waals surface area (Å²) in [6.07, 6.45) is 3.57. The van der Waals surface area contributed by atoms with Crippen LogP contribution in [0.3, 0.4) is 0 Å². The van der Waals surface area contributed by atoms with Gasteiger partial charge >= 0.3 is 0 Å². The number of aromatic nitrogens is 2. The van der Waals surface area contributed by atoms with Gasteiger partial charge in [-0.2, -0.15) is 0 Å². The Morgan fingerprint density at radius 2 is 2.20 bits per heavy atom. The maximum atomic E-state index is 12.1. The second kappa shape index (κ2) is 4.81. The van der Waals surface area contributed by atoms with Crippen molar-refractivity contribution in [2.24, 2.45) is 0 Å². The van der Waals surface area contributed by atoms with E-state index in [1.807, 2.05) is 13.0 Å². The highest BCUT2D eigenvalue weighted by Gasteiger charge is 2.22. The summed E-state index contributed by atoms with van der Waals surface area (Å²) in [6.45, 7) is 3.79. The topological polar surface area (TPSA) is 54.9 Å². The zero-order chi connectivity index (χ0) is 10.7. The lowest BCUT2D eigenvalue weighted by Gasteiger charge is -2.20. The van der Waals surface area contributed by atoms with Crippen molar-refractivity contribution >= 4 is 10.8 Å². The number of hydrogen-bond acceptors (Lipinski definition) is 4. The van der Waals surface area contributed by atoms with Crippen LogP contribution in [0.2, 0.25) is 0 Å². The third-order valence-corrected chi connectivity index (χ3v) is 4.18. The lowest BCUT2D eigenvalue weighted by Crippen LogP contribution is -2.33. The van der Waals surface area contributed by atoms with Crippen molar-refractivity contribution in [3.8, 4) is 0 Å². The fourth-order valence-electron chi connectivity index (χ4n) is 1.68. The molecular formula is C10H15N3OS. The third kappa shape index (κ3) is 2.60. The smallest absolute Gasteiger partial charge is 0.218 e. The molecule has 1 saturated heterocycles. The Morgan fingerprint density at radius 3 is 2.87 bits per heavy atom. The highest BCUT2D eigenvalue weighted by molar-refractivity contribution is 7.85. The molecule has 1 aromatic rings. The molecular weight excluding hydrogens is 210 g/mol. The molecule has 0 radical (unpaired) electrons. The first kappa shape index (κ1) is 10.7. The monoisotopic (exact) mass is 225 g/mol. The van der Waals surface area contributed by atoms with Crippen LogP contribution >= 0.6 is 0 Å². The Kier molecular flexibility index (Phi) is 3.43. The molecule has 1 fully saturated rings. The molecule has 0 bridgehead atoms. The summed E-state index contributed by atoms with van der Waals surface area (Å²) in [6, 6.07) is 1.82. The van der Waals surface area contributed by atoms with E-state index >= 15 is 0 Å². The minimum Gasteiger partial charge on any atom is -0.317 e. The van der Waals surface area contributed by atoms with E-state index < -0.39 is 10.8 Å². The molecule has 0 unspecified atom stereocenters. The van der Waals surface area contributed by atoms with Gasteiger partial charge in [-0.05, 0) is 38.9 Å². The van der Waals surface area contributed by atoms with Crippen LogP contribution in [-0.4, -0.2) is 32.5 Å². The fourth-order valence-corrected chi connectivity index (χ4v) is 3.04. The molecule has 2 rings (SSSR count). The highest BCUT2D eigenvalue weighted by atomic mass is 32.2. The molecule has 2 heterocycles. The largest absolute Gasteiger partial charge is 0.317 e. The van der Waals surface area contributed by atoms with Gasteiger partial charge in [0, 0.05) is 17.1 Å². The van der Waals surface area contributed by atoms with Crippen molar-refractivity contribution in [3.63, 3.8) is 0 Å². The van der Waals surface area contributed by atoms with Crippen molar-refractivity contribution < 1.29 is 4.21 Å². The van der Waals surface area contributed by atoms with E-state index in [2.05, 4.69) is 15.3 Å². The molecule has 0 aliphatic carbocycles. The second-order valence-electron chi connectivity index (χ2n) is 3.73. The van der Waals surface area contributed by atoms with E-state index in [4.69, 9.17) is 0 Å². The number of rotatable bonds is 2. The molecule has 1 atom stereocenters. The van der Waals surface area contributed by atoms with E-state index in [9.17, 15) is 4.21 Å². The first-order valence-corrected chi connectivity index (χ1v) is 6.39. The second-order valence-corrected chi connectivity index (χ2v) is 5.35.